The van der Waals surface area contributed by atoms with Crippen LogP contribution < -0.4 is 0 Å². The summed E-state index contributed by atoms with van der Waals surface area (Å²) in [5.41, 5.74) is 0. The SMILES string of the molecule is CCCCCCCCCCCCC(O)CCO[Si](C)(C)C(C)(C)C. The molecule has 0 amide bonds. The Bertz CT molecular complexity index is 284. The Morgan fingerprint density at radius 1 is 0.792 bits per heavy atom. The lowest BCUT2D eigenvalue weighted by molar-refractivity contribution is 0.124. The van der Waals surface area contributed by atoms with Crippen molar-refractivity contribution in [3.63, 3.8) is 0 Å². The fourth-order valence-corrected chi connectivity index (χ4v) is 3.74. The number of aliphatic hydroxyl groups is 1. The summed E-state index contributed by atoms with van der Waals surface area (Å²) in [6.07, 6.45) is 15.1. The van der Waals surface area contributed by atoms with E-state index in [1.165, 1.54) is 57.8 Å². The smallest absolute Gasteiger partial charge is 0.191 e. The van der Waals surface area contributed by atoms with Crippen molar-refractivity contribution < 1.29 is 9.53 Å². The Balaban J connectivity index is 3.46. The number of aliphatic hydroxyl groups excluding tert-OH is 1. The van der Waals surface area contributed by atoms with E-state index in [9.17, 15) is 5.11 Å². The Morgan fingerprint density at radius 3 is 1.71 bits per heavy atom. The first-order chi connectivity index (χ1) is 11.2. The number of hydrogen-bond acceptors (Lipinski definition) is 2. The molecular formula is C21H46O2Si. The molecule has 0 saturated carbocycles. The van der Waals surface area contributed by atoms with Gasteiger partial charge in [0.05, 0.1) is 6.10 Å². The minimum atomic E-state index is -1.65. The number of hydrogen-bond donors (Lipinski definition) is 1. The number of unbranched alkanes of at least 4 members (excludes halogenated alkanes) is 9. The van der Waals surface area contributed by atoms with Gasteiger partial charge in [-0.2, -0.15) is 0 Å². The third kappa shape index (κ3) is 12.5. The molecule has 0 aromatic heterocycles. The second-order valence-electron chi connectivity index (χ2n) is 9.02. The molecule has 0 heterocycles. The van der Waals surface area contributed by atoms with Gasteiger partial charge in [0, 0.05) is 6.61 Å². The minimum Gasteiger partial charge on any atom is -0.417 e. The highest BCUT2D eigenvalue weighted by atomic mass is 28.4. The summed E-state index contributed by atoms with van der Waals surface area (Å²) in [5.74, 6) is 0. The maximum absolute atomic E-state index is 10.1. The molecule has 0 aliphatic heterocycles. The van der Waals surface area contributed by atoms with Crippen molar-refractivity contribution in [2.24, 2.45) is 0 Å². The zero-order chi connectivity index (χ0) is 18.5. The fraction of sp³-hybridized carbons (Fsp3) is 1.00. The minimum absolute atomic E-state index is 0.177. The summed E-state index contributed by atoms with van der Waals surface area (Å²) in [4.78, 5) is 0. The maximum Gasteiger partial charge on any atom is 0.191 e. The van der Waals surface area contributed by atoms with Crippen LogP contribution in [0.4, 0.5) is 0 Å². The van der Waals surface area contributed by atoms with Crippen LogP contribution in [0, 0.1) is 0 Å². The highest BCUT2D eigenvalue weighted by Crippen LogP contribution is 2.36. The Hall–Kier alpha value is 0.137. The average molecular weight is 359 g/mol. The first kappa shape index (κ1) is 24.1. The van der Waals surface area contributed by atoms with Crippen LogP contribution >= 0.6 is 0 Å². The predicted molar refractivity (Wildman–Crippen MR) is 110 cm³/mol. The largest absolute Gasteiger partial charge is 0.417 e. The van der Waals surface area contributed by atoms with Gasteiger partial charge in [0.2, 0.25) is 0 Å². The van der Waals surface area contributed by atoms with E-state index in [2.05, 4.69) is 40.8 Å². The molecule has 0 spiro atoms. The normalized spacial score (nSPS) is 14.1. The van der Waals surface area contributed by atoms with Crippen molar-refractivity contribution in [3.05, 3.63) is 0 Å². The molecule has 0 aromatic carbocycles. The van der Waals surface area contributed by atoms with Gasteiger partial charge in [-0.1, -0.05) is 91.9 Å². The first-order valence-corrected chi connectivity index (χ1v) is 13.4. The predicted octanol–water partition coefficient (Wildman–Crippen LogP) is 7.07. The van der Waals surface area contributed by atoms with Gasteiger partial charge in [0.1, 0.15) is 0 Å². The van der Waals surface area contributed by atoms with Gasteiger partial charge < -0.3 is 9.53 Å². The molecule has 2 nitrogen and oxygen atoms in total. The molecule has 24 heavy (non-hydrogen) atoms. The van der Waals surface area contributed by atoms with Crippen LogP contribution in [0.1, 0.15) is 105 Å². The lowest BCUT2D eigenvalue weighted by atomic mass is 10.0. The standard InChI is InChI=1S/C21H46O2Si/c1-7-8-9-10-11-12-13-14-15-16-17-20(22)18-19-23-24(5,6)21(2,3)4/h20,22H,7-19H2,1-6H3. The van der Waals surface area contributed by atoms with Gasteiger partial charge >= 0.3 is 0 Å². The second kappa shape index (κ2) is 13.4. The molecule has 0 aliphatic rings. The summed E-state index contributed by atoms with van der Waals surface area (Å²) >= 11 is 0. The van der Waals surface area contributed by atoms with Gasteiger partial charge in [-0.3, -0.25) is 0 Å². The van der Waals surface area contributed by atoms with Gasteiger partial charge in [-0.05, 0) is 31.0 Å². The molecule has 0 bridgehead atoms. The van der Waals surface area contributed by atoms with Crippen molar-refractivity contribution in [3.8, 4) is 0 Å². The van der Waals surface area contributed by atoms with Gasteiger partial charge in [-0.25, -0.2) is 0 Å². The van der Waals surface area contributed by atoms with E-state index in [0.29, 0.717) is 0 Å². The summed E-state index contributed by atoms with van der Waals surface area (Å²) in [6.45, 7) is 14.3. The molecule has 0 radical (unpaired) electrons. The molecule has 146 valence electrons. The summed E-state index contributed by atoms with van der Waals surface area (Å²) in [5, 5.41) is 10.4. The van der Waals surface area contributed by atoms with Gasteiger partial charge in [0.15, 0.2) is 8.32 Å². The van der Waals surface area contributed by atoms with Crippen LogP contribution in [0.2, 0.25) is 18.1 Å². The monoisotopic (exact) mass is 358 g/mol. The molecular weight excluding hydrogens is 312 g/mol. The zero-order valence-electron chi connectivity index (χ0n) is 17.6. The zero-order valence-corrected chi connectivity index (χ0v) is 18.6. The van der Waals surface area contributed by atoms with Crippen molar-refractivity contribution in [1.29, 1.82) is 0 Å². The highest BCUT2D eigenvalue weighted by Gasteiger charge is 2.36. The second-order valence-corrected chi connectivity index (χ2v) is 13.8. The van der Waals surface area contributed by atoms with Crippen LogP contribution in [-0.4, -0.2) is 26.1 Å². The molecule has 1 N–H and O–H groups in total. The molecule has 1 unspecified atom stereocenters. The Labute approximate surface area is 153 Å². The number of rotatable bonds is 15. The van der Waals surface area contributed by atoms with Gasteiger partial charge in [0.25, 0.3) is 0 Å². The molecule has 0 fully saturated rings. The van der Waals surface area contributed by atoms with E-state index in [0.717, 1.165) is 25.9 Å². The van der Waals surface area contributed by atoms with Crippen LogP contribution in [0.5, 0.6) is 0 Å². The summed E-state index contributed by atoms with van der Waals surface area (Å²) < 4.78 is 6.14. The van der Waals surface area contributed by atoms with Gasteiger partial charge in [-0.15, -0.1) is 0 Å². The molecule has 3 heteroatoms. The van der Waals surface area contributed by atoms with E-state index in [1.54, 1.807) is 0 Å². The molecule has 0 aliphatic carbocycles. The Kier molecular flexibility index (Phi) is 13.4. The highest BCUT2D eigenvalue weighted by molar-refractivity contribution is 6.74. The average Bonchev–Trinajstić information content (AvgIpc) is 2.48. The Morgan fingerprint density at radius 2 is 1.25 bits per heavy atom. The van der Waals surface area contributed by atoms with Crippen molar-refractivity contribution in [2.45, 2.75) is 129 Å². The summed E-state index contributed by atoms with van der Waals surface area (Å²) in [6, 6.07) is 0. The van der Waals surface area contributed by atoms with E-state index in [1.807, 2.05) is 0 Å². The van der Waals surface area contributed by atoms with E-state index in [-0.39, 0.29) is 11.1 Å². The van der Waals surface area contributed by atoms with Crippen LogP contribution in [0.3, 0.4) is 0 Å². The molecule has 0 saturated heterocycles. The maximum atomic E-state index is 10.1. The van der Waals surface area contributed by atoms with Crippen molar-refractivity contribution in [2.75, 3.05) is 6.61 Å². The van der Waals surface area contributed by atoms with Crippen LogP contribution in [0.25, 0.3) is 0 Å². The first-order valence-electron chi connectivity index (χ1n) is 10.5. The van der Waals surface area contributed by atoms with Crippen LogP contribution in [-0.2, 0) is 4.43 Å². The fourth-order valence-electron chi connectivity index (χ4n) is 2.68. The third-order valence-corrected chi connectivity index (χ3v) is 10.1. The quantitative estimate of drug-likeness (QED) is 0.250. The topological polar surface area (TPSA) is 29.5 Å². The van der Waals surface area contributed by atoms with Crippen LogP contribution in [0.15, 0.2) is 0 Å². The molecule has 1 atom stereocenters. The molecule has 0 aromatic rings. The summed E-state index contributed by atoms with van der Waals surface area (Å²) in [7, 11) is -1.65. The molecule has 0 rings (SSSR count). The van der Waals surface area contributed by atoms with E-state index >= 15 is 0 Å². The lowest BCUT2D eigenvalue weighted by Gasteiger charge is -2.36. The van der Waals surface area contributed by atoms with E-state index in [4.69, 9.17) is 4.43 Å². The van der Waals surface area contributed by atoms with E-state index < -0.39 is 8.32 Å². The van der Waals surface area contributed by atoms with Crippen molar-refractivity contribution in [1.82, 2.24) is 0 Å². The lowest BCUT2D eigenvalue weighted by Crippen LogP contribution is -2.41. The van der Waals surface area contributed by atoms with Crippen molar-refractivity contribution >= 4 is 8.32 Å². The third-order valence-electron chi connectivity index (χ3n) is 5.61.